The number of aromatic nitrogens is 2. The van der Waals surface area contributed by atoms with Gasteiger partial charge in [0.05, 0.1) is 30.4 Å². The van der Waals surface area contributed by atoms with Gasteiger partial charge < -0.3 is 9.30 Å². The third-order valence-electron chi connectivity index (χ3n) is 4.05. The number of benzene rings is 1. The normalized spacial score (nSPS) is 23.4. The van der Waals surface area contributed by atoms with Gasteiger partial charge in [0.15, 0.2) is 0 Å². The zero-order valence-corrected chi connectivity index (χ0v) is 10.1. The predicted molar refractivity (Wildman–Crippen MR) is 63.5 cm³/mol. The van der Waals surface area contributed by atoms with E-state index in [0.29, 0.717) is 6.61 Å². The molecule has 1 aromatic carbocycles. The van der Waals surface area contributed by atoms with E-state index in [4.69, 9.17) is 10.00 Å². The van der Waals surface area contributed by atoms with Crippen molar-refractivity contribution in [3.05, 3.63) is 52.9 Å². The second-order valence-electron chi connectivity index (χ2n) is 4.94. The molecule has 0 N–H and O–H groups in total. The first-order valence-electron chi connectivity index (χ1n) is 6.12. The molecule has 19 heavy (non-hydrogen) atoms. The Kier molecular flexibility index (Phi) is 1.93. The van der Waals surface area contributed by atoms with Crippen molar-refractivity contribution < 1.29 is 9.13 Å². The summed E-state index contributed by atoms with van der Waals surface area (Å²) in [4.78, 5) is 4.14. The van der Waals surface area contributed by atoms with Crippen LogP contribution >= 0.6 is 0 Å². The van der Waals surface area contributed by atoms with E-state index in [9.17, 15) is 4.39 Å². The van der Waals surface area contributed by atoms with Crippen LogP contribution in [0.2, 0.25) is 0 Å². The van der Waals surface area contributed by atoms with Crippen LogP contribution in [0.4, 0.5) is 4.39 Å². The van der Waals surface area contributed by atoms with Crippen molar-refractivity contribution in [3.63, 3.8) is 0 Å². The Bertz CT molecular complexity index is 731. The summed E-state index contributed by atoms with van der Waals surface area (Å²) in [5, 5.41) is 8.99. The van der Waals surface area contributed by atoms with Gasteiger partial charge in [-0.25, -0.2) is 9.37 Å². The summed E-state index contributed by atoms with van der Waals surface area (Å²) in [6.45, 7) is 1.21. The monoisotopic (exact) mass is 255 g/mol. The minimum absolute atomic E-state index is 0.0709. The molecule has 0 saturated heterocycles. The van der Waals surface area contributed by atoms with Crippen LogP contribution in [0.1, 0.15) is 28.8 Å². The van der Waals surface area contributed by atoms with Gasteiger partial charge in [-0.3, -0.25) is 0 Å². The summed E-state index contributed by atoms with van der Waals surface area (Å²) in [6, 6.07) is 4.94. The number of rotatable bonds is 0. The highest BCUT2D eigenvalue weighted by atomic mass is 19.1. The molecule has 0 radical (unpaired) electrons. The van der Waals surface area contributed by atoms with E-state index in [1.54, 1.807) is 18.6 Å². The molecule has 0 fully saturated rings. The number of nitrogens with zero attached hydrogens (tertiary/aromatic N) is 3. The fourth-order valence-corrected chi connectivity index (χ4v) is 3.13. The summed E-state index contributed by atoms with van der Waals surface area (Å²) in [5.41, 5.74) is 2.24. The molecule has 0 bridgehead atoms. The van der Waals surface area contributed by atoms with Crippen molar-refractivity contribution in [3.8, 4) is 6.07 Å². The zero-order chi connectivity index (χ0) is 13.0. The molecule has 0 amide bonds. The van der Waals surface area contributed by atoms with Gasteiger partial charge in [0.1, 0.15) is 17.5 Å². The highest BCUT2D eigenvalue weighted by Gasteiger charge is 2.47. The van der Waals surface area contributed by atoms with Crippen LogP contribution in [0.5, 0.6) is 0 Å². The highest BCUT2D eigenvalue weighted by molar-refractivity contribution is 5.48. The molecule has 3 heterocycles. The van der Waals surface area contributed by atoms with Crippen molar-refractivity contribution in [2.45, 2.75) is 25.2 Å². The van der Waals surface area contributed by atoms with Gasteiger partial charge in [-0.15, -0.1) is 0 Å². The molecule has 0 saturated carbocycles. The number of fused-ring (bicyclic) bond motifs is 4. The van der Waals surface area contributed by atoms with Crippen LogP contribution in [0.25, 0.3) is 0 Å². The lowest BCUT2D eigenvalue weighted by atomic mass is 9.87. The summed E-state index contributed by atoms with van der Waals surface area (Å²) in [6.07, 6.45) is 4.37. The van der Waals surface area contributed by atoms with Gasteiger partial charge in [-0.2, -0.15) is 5.26 Å². The van der Waals surface area contributed by atoms with E-state index >= 15 is 0 Å². The number of aryl methyl sites for hydroxylation is 1. The van der Waals surface area contributed by atoms with Crippen molar-refractivity contribution >= 4 is 0 Å². The van der Waals surface area contributed by atoms with E-state index in [-0.39, 0.29) is 5.56 Å². The lowest BCUT2D eigenvalue weighted by Crippen LogP contribution is -2.23. The molecular weight excluding hydrogens is 245 g/mol. The molecule has 4 rings (SSSR count). The van der Waals surface area contributed by atoms with Gasteiger partial charge in [-0.1, -0.05) is 0 Å². The summed E-state index contributed by atoms with van der Waals surface area (Å²) in [5.74, 6) is -0.478. The standard InChI is InChI=1S/C14H10FN3O/c15-12-4-10-7-19-14(11(10)3-9(12)5-16)1-2-18-8-17-6-13(14)18/h3-4,6,8H,1-2,7H2. The molecule has 1 spiro atoms. The van der Waals surface area contributed by atoms with Crippen LogP contribution in [-0.4, -0.2) is 9.55 Å². The number of nitriles is 1. The van der Waals surface area contributed by atoms with Gasteiger partial charge >= 0.3 is 0 Å². The van der Waals surface area contributed by atoms with E-state index in [1.807, 2.05) is 10.6 Å². The average Bonchev–Trinajstić information content (AvgIpc) is 3.07. The molecule has 1 atom stereocenters. The smallest absolute Gasteiger partial charge is 0.141 e. The van der Waals surface area contributed by atoms with Crippen LogP contribution in [0.3, 0.4) is 0 Å². The average molecular weight is 255 g/mol. The second-order valence-corrected chi connectivity index (χ2v) is 4.94. The van der Waals surface area contributed by atoms with Crippen LogP contribution in [0.15, 0.2) is 24.7 Å². The van der Waals surface area contributed by atoms with Crippen LogP contribution in [0, 0.1) is 17.1 Å². The first-order valence-corrected chi connectivity index (χ1v) is 6.12. The molecular formula is C14H10FN3O. The van der Waals surface area contributed by atoms with Crippen molar-refractivity contribution in [1.82, 2.24) is 9.55 Å². The topological polar surface area (TPSA) is 50.8 Å². The second kappa shape index (κ2) is 3.43. The van der Waals surface area contributed by atoms with Crippen LogP contribution in [-0.2, 0) is 23.5 Å². The molecule has 2 aliphatic heterocycles. The first kappa shape index (κ1) is 10.7. The Hall–Kier alpha value is -2.19. The maximum atomic E-state index is 13.7. The number of hydrogen-bond acceptors (Lipinski definition) is 3. The minimum atomic E-state index is -0.550. The molecule has 1 aromatic heterocycles. The fraction of sp³-hybridized carbons (Fsp3) is 0.286. The summed E-state index contributed by atoms with van der Waals surface area (Å²) >= 11 is 0. The van der Waals surface area contributed by atoms with E-state index < -0.39 is 11.4 Å². The number of hydrogen-bond donors (Lipinski definition) is 0. The van der Waals surface area contributed by atoms with Gasteiger partial charge in [-0.05, 0) is 23.3 Å². The van der Waals surface area contributed by atoms with E-state index in [1.165, 1.54) is 6.07 Å². The van der Waals surface area contributed by atoms with E-state index in [2.05, 4.69) is 4.98 Å². The maximum Gasteiger partial charge on any atom is 0.141 e. The minimum Gasteiger partial charge on any atom is -0.359 e. The quantitative estimate of drug-likeness (QED) is 0.724. The Morgan fingerprint density at radius 1 is 1.47 bits per heavy atom. The lowest BCUT2D eigenvalue weighted by molar-refractivity contribution is -0.00387. The maximum absolute atomic E-state index is 13.7. The molecule has 5 heteroatoms. The van der Waals surface area contributed by atoms with Crippen molar-refractivity contribution in [2.75, 3.05) is 0 Å². The fourth-order valence-electron chi connectivity index (χ4n) is 3.13. The number of ether oxygens (including phenoxy) is 1. The van der Waals surface area contributed by atoms with E-state index in [0.717, 1.165) is 29.8 Å². The molecule has 2 aliphatic rings. The number of imidazole rings is 1. The van der Waals surface area contributed by atoms with Gasteiger partial charge in [0, 0.05) is 13.0 Å². The molecule has 4 nitrogen and oxygen atoms in total. The molecule has 0 aliphatic carbocycles. The third-order valence-corrected chi connectivity index (χ3v) is 4.05. The van der Waals surface area contributed by atoms with Crippen LogP contribution < -0.4 is 0 Å². The Morgan fingerprint density at radius 3 is 3.21 bits per heavy atom. The number of halogens is 1. The Morgan fingerprint density at radius 2 is 2.37 bits per heavy atom. The Balaban J connectivity index is 1.97. The first-order chi connectivity index (χ1) is 9.24. The largest absolute Gasteiger partial charge is 0.359 e. The summed E-state index contributed by atoms with van der Waals surface area (Å²) < 4.78 is 21.7. The van der Waals surface area contributed by atoms with Crippen molar-refractivity contribution in [1.29, 1.82) is 5.26 Å². The predicted octanol–water partition coefficient (Wildman–Crippen LogP) is 2.07. The molecule has 1 unspecified atom stereocenters. The molecule has 2 aromatic rings. The summed E-state index contributed by atoms with van der Waals surface area (Å²) in [7, 11) is 0. The third kappa shape index (κ3) is 1.22. The highest BCUT2D eigenvalue weighted by Crippen LogP contribution is 2.48. The molecule has 94 valence electrons. The van der Waals surface area contributed by atoms with Crippen molar-refractivity contribution in [2.24, 2.45) is 0 Å². The zero-order valence-electron chi connectivity index (χ0n) is 10.1. The SMILES string of the molecule is N#Cc1cc2c(cc1F)COC21CCn2cncc21. The lowest BCUT2D eigenvalue weighted by Gasteiger charge is -2.23. The van der Waals surface area contributed by atoms with Gasteiger partial charge in [0.2, 0.25) is 0 Å². The Labute approximate surface area is 109 Å². The van der Waals surface area contributed by atoms with Gasteiger partial charge in [0.25, 0.3) is 0 Å².